The minimum absolute atomic E-state index is 0.0802. The maximum absolute atomic E-state index is 11.5. The zero-order chi connectivity index (χ0) is 13.6. The highest BCUT2D eigenvalue weighted by Crippen LogP contribution is 2.15. The molecule has 0 aliphatic rings. The highest BCUT2D eigenvalue weighted by atomic mass is 35.5. The van der Waals surface area contributed by atoms with E-state index in [0.29, 0.717) is 17.3 Å². The molecule has 1 aromatic rings. The van der Waals surface area contributed by atoms with Crippen LogP contribution < -0.4 is 10.1 Å². The fourth-order valence-corrected chi connectivity index (χ4v) is 1.22. The van der Waals surface area contributed by atoms with Gasteiger partial charge in [-0.2, -0.15) is 5.26 Å². The van der Waals surface area contributed by atoms with Gasteiger partial charge in [-0.15, -0.1) is 0 Å². The van der Waals surface area contributed by atoms with Crippen molar-refractivity contribution in [2.45, 2.75) is 13.8 Å². The summed E-state index contributed by atoms with van der Waals surface area (Å²) in [5, 5.41) is 12.1. The second kappa shape index (κ2) is 6.27. The number of rotatable bonds is 5. The highest BCUT2D eigenvalue weighted by Gasteiger charge is 2.17. The van der Waals surface area contributed by atoms with Crippen molar-refractivity contribution in [2.24, 2.45) is 5.41 Å². The molecule has 18 heavy (non-hydrogen) atoms. The van der Waals surface area contributed by atoms with E-state index in [1.54, 1.807) is 38.1 Å². The van der Waals surface area contributed by atoms with Crippen molar-refractivity contribution in [3.8, 4) is 11.8 Å². The van der Waals surface area contributed by atoms with Crippen molar-refractivity contribution in [2.75, 3.05) is 13.2 Å². The second-order valence-corrected chi connectivity index (χ2v) is 4.95. The molecule has 0 spiro atoms. The molecule has 1 N–H and O–H groups in total. The summed E-state index contributed by atoms with van der Waals surface area (Å²) in [5.41, 5.74) is -0.573. The van der Waals surface area contributed by atoms with Crippen molar-refractivity contribution >= 4 is 17.5 Å². The van der Waals surface area contributed by atoms with E-state index < -0.39 is 5.41 Å². The van der Waals surface area contributed by atoms with Gasteiger partial charge in [0, 0.05) is 11.6 Å². The number of nitrogens with zero attached hydrogens (tertiary/aromatic N) is 1. The molecule has 0 atom stereocenters. The van der Waals surface area contributed by atoms with Crippen LogP contribution in [-0.4, -0.2) is 19.1 Å². The van der Waals surface area contributed by atoms with Crippen LogP contribution in [0.3, 0.4) is 0 Å². The Labute approximate surface area is 112 Å². The molecule has 0 saturated carbocycles. The van der Waals surface area contributed by atoms with Crippen LogP contribution in [0.5, 0.6) is 5.75 Å². The average Bonchev–Trinajstić information content (AvgIpc) is 2.36. The van der Waals surface area contributed by atoms with E-state index >= 15 is 0 Å². The van der Waals surface area contributed by atoms with E-state index in [1.807, 2.05) is 0 Å². The zero-order valence-electron chi connectivity index (χ0n) is 10.4. The number of nitrogens with one attached hydrogen (secondary N) is 1. The second-order valence-electron chi connectivity index (χ2n) is 4.52. The monoisotopic (exact) mass is 266 g/mol. The zero-order valence-corrected chi connectivity index (χ0v) is 11.1. The van der Waals surface area contributed by atoms with E-state index in [0.717, 1.165) is 0 Å². The normalized spacial score (nSPS) is 10.6. The van der Waals surface area contributed by atoms with E-state index in [2.05, 4.69) is 11.4 Å². The van der Waals surface area contributed by atoms with Gasteiger partial charge in [-0.3, -0.25) is 4.79 Å². The number of hydrogen-bond acceptors (Lipinski definition) is 3. The molecule has 4 nitrogen and oxygen atoms in total. The van der Waals surface area contributed by atoms with Crippen LogP contribution in [0.25, 0.3) is 0 Å². The molecule has 0 radical (unpaired) electrons. The number of benzene rings is 1. The van der Waals surface area contributed by atoms with Gasteiger partial charge in [0.25, 0.3) is 5.91 Å². The molecule has 0 aromatic heterocycles. The Morgan fingerprint density at radius 1 is 1.44 bits per heavy atom. The standard InChI is InChI=1S/C13H15ClN2O2/c1-13(2,8-15)9-16-12(17)7-18-11-5-3-10(14)4-6-11/h3-6H,7,9H2,1-2H3,(H,16,17). The molecule has 0 heterocycles. The summed E-state index contributed by atoms with van der Waals surface area (Å²) >= 11 is 5.72. The maximum atomic E-state index is 11.5. The smallest absolute Gasteiger partial charge is 0.257 e. The number of ether oxygens (including phenoxy) is 1. The van der Waals surface area contributed by atoms with Gasteiger partial charge < -0.3 is 10.1 Å². The Kier molecular flexibility index (Phi) is 4.99. The van der Waals surface area contributed by atoms with Crippen molar-refractivity contribution in [1.29, 1.82) is 5.26 Å². The van der Waals surface area contributed by atoms with Crippen LogP contribution in [0.2, 0.25) is 5.02 Å². The molecule has 0 aliphatic heterocycles. The minimum Gasteiger partial charge on any atom is -0.484 e. The third kappa shape index (κ3) is 5.07. The predicted molar refractivity (Wildman–Crippen MR) is 69.4 cm³/mol. The average molecular weight is 267 g/mol. The summed E-state index contributed by atoms with van der Waals surface area (Å²) in [6.07, 6.45) is 0. The third-order valence-corrected chi connectivity index (χ3v) is 2.47. The van der Waals surface area contributed by atoms with Gasteiger partial charge in [0.05, 0.1) is 11.5 Å². The predicted octanol–water partition coefficient (Wildman–Crippen LogP) is 2.38. The molecule has 0 saturated heterocycles. The van der Waals surface area contributed by atoms with Crippen LogP contribution in [0.15, 0.2) is 24.3 Å². The van der Waals surface area contributed by atoms with Crippen LogP contribution in [0.1, 0.15) is 13.8 Å². The number of halogens is 1. The topological polar surface area (TPSA) is 62.1 Å². The quantitative estimate of drug-likeness (QED) is 0.890. The van der Waals surface area contributed by atoms with Gasteiger partial charge in [0.15, 0.2) is 6.61 Å². The van der Waals surface area contributed by atoms with Crippen LogP contribution in [0.4, 0.5) is 0 Å². The molecular formula is C13H15ClN2O2. The Balaban J connectivity index is 2.34. The molecule has 5 heteroatoms. The number of carbonyl (C=O) groups is 1. The molecule has 0 bridgehead atoms. The van der Waals surface area contributed by atoms with Gasteiger partial charge in [-0.25, -0.2) is 0 Å². The molecule has 1 amide bonds. The van der Waals surface area contributed by atoms with E-state index in [4.69, 9.17) is 21.6 Å². The van der Waals surface area contributed by atoms with E-state index in [1.165, 1.54) is 0 Å². The van der Waals surface area contributed by atoms with Crippen molar-refractivity contribution < 1.29 is 9.53 Å². The first kappa shape index (κ1) is 14.3. The van der Waals surface area contributed by atoms with Crippen LogP contribution in [-0.2, 0) is 4.79 Å². The Bertz CT molecular complexity index is 449. The van der Waals surface area contributed by atoms with Gasteiger partial charge in [0.2, 0.25) is 0 Å². The maximum Gasteiger partial charge on any atom is 0.257 e. The molecule has 0 aliphatic carbocycles. The highest BCUT2D eigenvalue weighted by molar-refractivity contribution is 6.30. The number of hydrogen-bond donors (Lipinski definition) is 1. The van der Waals surface area contributed by atoms with Crippen LogP contribution in [0, 0.1) is 16.7 Å². The lowest BCUT2D eigenvalue weighted by Crippen LogP contribution is -2.36. The van der Waals surface area contributed by atoms with Gasteiger partial charge in [-0.1, -0.05) is 11.6 Å². The molecule has 1 rings (SSSR count). The minimum atomic E-state index is -0.573. The lowest BCUT2D eigenvalue weighted by molar-refractivity contribution is -0.123. The fraction of sp³-hybridized carbons (Fsp3) is 0.385. The lowest BCUT2D eigenvalue weighted by Gasteiger charge is -2.15. The first-order chi connectivity index (χ1) is 8.43. The fourth-order valence-electron chi connectivity index (χ4n) is 1.09. The summed E-state index contributed by atoms with van der Waals surface area (Å²) in [4.78, 5) is 11.5. The summed E-state index contributed by atoms with van der Waals surface area (Å²) in [6.45, 7) is 3.73. The first-order valence-corrected chi connectivity index (χ1v) is 5.87. The summed E-state index contributed by atoms with van der Waals surface area (Å²) in [7, 11) is 0. The number of nitriles is 1. The van der Waals surface area contributed by atoms with Gasteiger partial charge >= 0.3 is 0 Å². The Morgan fingerprint density at radius 2 is 2.06 bits per heavy atom. The number of carbonyl (C=O) groups excluding carboxylic acids is 1. The number of amides is 1. The molecule has 0 fully saturated rings. The van der Waals surface area contributed by atoms with Crippen molar-refractivity contribution in [3.05, 3.63) is 29.3 Å². The van der Waals surface area contributed by atoms with Crippen molar-refractivity contribution in [3.63, 3.8) is 0 Å². The van der Waals surface area contributed by atoms with Crippen molar-refractivity contribution in [1.82, 2.24) is 5.32 Å². The Morgan fingerprint density at radius 3 is 2.61 bits per heavy atom. The summed E-state index contributed by atoms with van der Waals surface area (Å²) in [6, 6.07) is 8.86. The summed E-state index contributed by atoms with van der Waals surface area (Å²) < 4.78 is 5.27. The molecular weight excluding hydrogens is 252 g/mol. The largest absolute Gasteiger partial charge is 0.484 e. The van der Waals surface area contributed by atoms with E-state index in [-0.39, 0.29) is 12.5 Å². The third-order valence-electron chi connectivity index (χ3n) is 2.21. The van der Waals surface area contributed by atoms with Gasteiger partial charge in [-0.05, 0) is 38.1 Å². The summed E-state index contributed by atoms with van der Waals surface area (Å²) in [5.74, 6) is 0.322. The molecule has 96 valence electrons. The molecule has 0 unspecified atom stereocenters. The first-order valence-electron chi connectivity index (χ1n) is 5.49. The lowest BCUT2D eigenvalue weighted by atomic mass is 9.96. The van der Waals surface area contributed by atoms with E-state index in [9.17, 15) is 4.79 Å². The SMILES string of the molecule is CC(C)(C#N)CNC(=O)COc1ccc(Cl)cc1. The Hall–Kier alpha value is -1.73. The van der Waals surface area contributed by atoms with Gasteiger partial charge in [0.1, 0.15) is 5.75 Å². The molecule has 1 aromatic carbocycles. The van der Waals surface area contributed by atoms with Crippen LogP contribution >= 0.6 is 11.6 Å².